The first-order valence-electron chi connectivity index (χ1n) is 10.3. The molecule has 4 rings (SSSR count). The van der Waals surface area contributed by atoms with Crippen molar-refractivity contribution in [3.63, 3.8) is 0 Å². The zero-order valence-corrected chi connectivity index (χ0v) is 17.3. The molecule has 0 nitrogen and oxygen atoms in total. The van der Waals surface area contributed by atoms with E-state index in [4.69, 9.17) is 0 Å². The average Bonchev–Trinajstić information content (AvgIpc) is 2.67. The molecule has 0 aliphatic heterocycles. The summed E-state index contributed by atoms with van der Waals surface area (Å²) in [6.07, 6.45) is 7.50. The third kappa shape index (κ3) is 4.50. The molecule has 3 aromatic carbocycles. The summed E-state index contributed by atoms with van der Waals surface area (Å²) >= 11 is 0. The van der Waals surface area contributed by atoms with Crippen LogP contribution in [0.1, 0.15) is 58.9 Å². The molecule has 0 saturated carbocycles. The third-order valence-corrected chi connectivity index (χ3v) is 5.19. The quantitative estimate of drug-likeness (QED) is 0.431. The number of rotatable bonds is 2. The van der Waals surface area contributed by atoms with E-state index in [0.29, 0.717) is 5.41 Å². The van der Waals surface area contributed by atoms with Crippen molar-refractivity contribution in [2.24, 2.45) is 5.41 Å². The van der Waals surface area contributed by atoms with E-state index in [-0.39, 0.29) is 0 Å². The number of hydrogen-bond donors (Lipinski definition) is 0. The van der Waals surface area contributed by atoms with Crippen molar-refractivity contribution >= 4 is 16.3 Å². The van der Waals surface area contributed by atoms with Gasteiger partial charge < -0.3 is 0 Å². The van der Waals surface area contributed by atoms with Crippen LogP contribution >= 0.6 is 0 Å². The summed E-state index contributed by atoms with van der Waals surface area (Å²) in [4.78, 5) is 0. The Labute approximate surface area is 164 Å². The second kappa shape index (κ2) is 8.57. The Morgan fingerprint density at radius 2 is 1.33 bits per heavy atom. The van der Waals surface area contributed by atoms with Gasteiger partial charge in [-0.15, -0.1) is 0 Å². The van der Waals surface area contributed by atoms with Crippen molar-refractivity contribution in [2.75, 3.05) is 0 Å². The predicted octanol–water partition coefficient (Wildman–Crippen LogP) is 8.52. The standard InChI is InChI=1S/C24H24.C3H8/c1-24(2)16-8-11-19(17-24)21-13-5-6-14-22(21)23-15-7-10-18-9-3-4-12-20(18)23;1-3-2/h3-7,9-10,12-15,17H,8,11,16H2,1-2H3;3H2,1-2H3. The Bertz CT molecular complexity index is 922. The summed E-state index contributed by atoms with van der Waals surface area (Å²) in [5, 5.41) is 2.64. The van der Waals surface area contributed by atoms with Gasteiger partial charge in [0.1, 0.15) is 0 Å². The molecule has 0 saturated heterocycles. The van der Waals surface area contributed by atoms with E-state index < -0.39 is 0 Å². The summed E-state index contributed by atoms with van der Waals surface area (Å²) in [6, 6.07) is 24.2. The van der Waals surface area contributed by atoms with Crippen LogP contribution < -0.4 is 0 Å². The van der Waals surface area contributed by atoms with Crippen LogP contribution in [-0.2, 0) is 0 Å². The van der Waals surface area contributed by atoms with Gasteiger partial charge in [-0.1, -0.05) is 107 Å². The molecular weight excluding hydrogens is 324 g/mol. The fraction of sp³-hybridized carbons (Fsp3) is 0.333. The van der Waals surface area contributed by atoms with Gasteiger partial charge in [0.25, 0.3) is 0 Å². The minimum Gasteiger partial charge on any atom is -0.0750 e. The summed E-state index contributed by atoms with van der Waals surface area (Å²) < 4.78 is 0. The number of benzene rings is 3. The first-order chi connectivity index (χ1) is 13.1. The summed E-state index contributed by atoms with van der Waals surface area (Å²) in [7, 11) is 0. The smallest absolute Gasteiger partial charge is 0.00993 e. The first-order valence-corrected chi connectivity index (χ1v) is 10.3. The Morgan fingerprint density at radius 3 is 2.07 bits per heavy atom. The molecule has 1 aliphatic rings. The van der Waals surface area contributed by atoms with Crippen LogP contribution in [-0.4, -0.2) is 0 Å². The van der Waals surface area contributed by atoms with E-state index >= 15 is 0 Å². The van der Waals surface area contributed by atoms with Crippen LogP contribution in [0.4, 0.5) is 0 Å². The Hall–Kier alpha value is -2.34. The Morgan fingerprint density at radius 1 is 0.741 bits per heavy atom. The Kier molecular flexibility index (Phi) is 6.16. The maximum absolute atomic E-state index is 2.50. The molecular formula is C27H32. The first kappa shape index (κ1) is 19.4. The molecule has 0 heterocycles. The van der Waals surface area contributed by atoms with Crippen molar-refractivity contribution in [2.45, 2.75) is 53.4 Å². The highest BCUT2D eigenvalue weighted by Crippen LogP contribution is 2.41. The zero-order chi connectivity index (χ0) is 19.3. The minimum atomic E-state index is 0.305. The maximum atomic E-state index is 2.50. The summed E-state index contributed by atoms with van der Waals surface area (Å²) in [5.41, 5.74) is 5.92. The molecule has 0 spiro atoms. The lowest BCUT2D eigenvalue weighted by Crippen LogP contribution is -2.12. The van der Waals surface area contributed by atoms with E-state index in [2.05, 4.69) is 101 Å². The SMILES string of the molecule is CC1(C)C=C(c2ccccc2-c2cccc3ccccc23)CCC1.CCC. The Balaban J connectivity index is 0.000000659. The number of allylic oxidation sites excluding steroid dienone is 2. The van der Waals surface area contributed by atoms with Crippen LogP contribution in [0.3, 0.4) is 0 Å². The van der Waals surface area contributed by atoms with Crippen LogP contribution in [0, 0.1) is 5.41 Å². The molecule has 0 amide bonds. The second-order valence-corrected chi connectivity index (χ2v) is 8.29. The van der Waals surface area contributed by atoms with Crippen molar-refractivity contribution in [1.29, 1.82) is 0 Å². The molecule has 1 aliphatic carbocycles. The predicted molar refractivity (Wildman–Crippen MR) is 121 cm³/mol. The van der Waals surface area contributed by atoms with Gasteiger partial charge in [0.15, 0.2) is 0 Å². The largest absolute Gasteiger partial charge is 0.0750 e. The van der Waals surface area contributed by atoms with Crippen LogP contribution in [0.2, 0.25) is 0 Å². The van der Waals surface area contributed by atoms with E-state index in [1.54, 1.807) is 0 Å². The number of hydrogen-bond acceptors (Lipinski definition) is 0. The lowest BCUT2D eigenvalue weighted by atomic mass is 9.77. The molecule has 140 valence electrons. The highest BCUT2D eigenvalue weighted by atomic mass is 14.3. The second-order valence-electron chi connectivity index (χ2n) is 8.29. The highest BCUT2D eigenvalue weighted by Gasteiger charge is 2.22. The lowest BCUT2D eigenvalue weighted by Gasteiger charge is -2.28. The lowest BCUT2D eigenvalue weighted by molar-refractivity contribution is 0.411. The average molecular weight is 357 g/mol. The minimum absolute atomic E-state index is 0.305. The molecule has 0 fully saturated rings. The van der Waals surface area contributed by atoms with Crippen molar-refractivity contribution in [3.05, 3.63) is 78.4 Å². The third-order valence-electron chi connectivity index (χ3n) is 5.19. The van der Waals surface area contributed by atoms with Gasteiger partial charge in [0.2, 0.25) is 0 Å². The normalized spacial score (nSPS) is 15.6. The van der Waals surface area contributed by atoms with Gasteiger partial charge in [-0.3, -0.25) is 0 Å². The summed E-state index contributed by atoms with van der Waals surface area (Å²) in [6.45, 7) is 8.96. The van der Waals surface area contributed by atoms with E-state index in [0.717, 1.165) is 0 Å². The van der Waals surface area contributed by atoms with Crippen molar-refractivity contribution < 1.29 is 0 Å². The molecule has 3 aromatic rings. The van der Waals surface area contributed by atoms with Gasteiger partial charge in [-0.2, -0.15) is 0 Å². The van der Waals surface area contributed by atoms with E-state index in [1.807, 2.05) is 0 Å². The fourth-order valence-corrected chi connectivity index (χ4v) is 4.02. The van der Waals surface area contributed by atoms with Crippen molar-refractivity contribution in [1.82, 2.24) is 0 Å². The molecule has 27 heavy (non-hydrogen) atoms. The number of fused-ring (bicyclic) bond motifs is 1. The topological polar surface area (TPSA) is 0 Å². The molecule has 0 unspecified atom stereocenters. The molecule has 0 N–H and O–H groups in total. The van der Waals surface area contributed by atoms with E-state index in [1.165, 1.54) is 58.7 Å². The fourth-order valence-electron chi connectivity index (χ4n) is 4.02. The van der Waals surface area contributed by atoms with Crippen LogP contribution in [0.5, 0.6) is 0 Å². The summed E-state index contributed by atoms with van der Waals surface area (Å²) in [5.74, 6) is 0. The molecule has 0 radical (unpaired) electrons. The van der Waals surface area contributed by atoms with Gasteiger partial charge in [-0.05, 0) is 57.7 Å². The van der Waals surface area contributed by atoms with Gasteiger partial charge >= 0.3 is 0 Å². The highest BCUT2D eigenvalue weighted by molar-refractivity contribution is 5.99. The molecule has 0 bridgehead atoms. The van der Waals surface area contributed by atoms with Gasteiger partial charge in [-0.25, -0.2) is 0 Å². The van der Waals surface area contributed by atoms with E-state index in [9.17, 15) is 0 Å². The molecule has 0 atom stereocenters. The van der Waals surface area contributed by atoms with Crippen molar-refractivity contribution in [3.8, 4) is 11.1 Å². The zero-order valence-electron chi connectivity index (χ0n) is 17.3. The molecule has 0 aromatic heterocycles. The van der Waals surface area contributed by atoms with Crippen LogP contribution in [0.15, 0.2) is 72.8 Å². The van der Waals surface area contributed by atoms with Gasteiger partial charge in [0, 0.05) is 0 Å². The monoisotopic (exact) mass is 356 g/mol. The van der Waals surface area contributed by atoms with Crippen LogP contribution in [0.25, 0.3) is 27.5 Å². The molecule has 0 heteroatoms. The van der Waals surface area contributed by atoms with Gasteiger partial charge in [0.05, 0.1) is 0 Å². The maximum Gasteiger partial charge on any atom is -0.00993 e.